The molecule has 0 saturated carbocycles. The second-order valence-electron chi connectivity index (χ2n) is 11.7. The average molecular weight is 507 g/mol. The number of rotatable bonds is 3. The van der Waals surface area contributed by atoms with E-state index in [-0.39, 0.29) is 24.2 Å². The zero-order valence-corrected chi connectivity index (χ0v) is 22.0. The Hall–Kier alpha value is -3.59. The molecule has 2 aromatic carbocycles. The van der Waals surface area contributed by atoms with Crippen LogP contribution in [0.1, 0.15) is 81.5 Å². The van der Waals surface area contributed by atoms with Gasteiger partial charge in [-0.25, -0.2) is 4.99 Å². The summed E-state index contributed by atoms with van der Waals surface area (Å²) >= 11 is 0. The van der Waals surface area contributed by atoms with E-state index < -0.39 is 34.9 Å². The van der Waals surface area contributed by atoms with Crippen LogP contribution in [0.25, 0.3) is 0 Å². The zero-order valence-electron chi connectivity index (χ0n) is 22.0. The van der Waals surface area contributed by atoms with Crippen molar-refractivity contribution in [2.45, 2.75) is 82.9 Å². The Balaban J connectivity index is 1.49. The summed E-state index contributed by atoms with van der Waals surface area (Å²) < 4.78 is 12.2. The number of guanidine groups is 1. The minimum atomic E-state index is -0.971. The zero-order chi connectivity index (χ0) is 26.9. The summed E-state index contributed by atoms with van der Waals surface area (Å²) in [6.45, 7) is 11.1. The molecule has 2 amide bonds. The fourth-order valence-electron chi connectivity index (χ4n) is 5.55. The van der Waals surface area contributed by atoms with Crippen molar-refractivity contribution in [3.05, 3.63) is 59.2 Å². The third-order valence-corrected chi connectivity index (χ3v) is 7.31. The lowest BCUT2D eigenvalue weighted by Gasteiger charge is -2.42. The normalized spacial score (nSPS) is 26.8. The van der Waals surface area contributed by atoms with Crippen molar-refractivity contribution < 1.29 is 24.2 Å². The van der Waals surface area contributed by atoms with Gasteiger partial charge in [-0.1, -0.05) is 18.2 Å². The molecule has 0 fully saturated rings. The Morgan fingerprint density at radius 3 is 2.38 bits per heavy atom. The van der Waals surface area contributed by atoms with Crippen LogP contribution in [0, 0.1) is 0 Å². The molecule has 196 valence electrons. The number of para-hydroxylation sites is 1. The molecule has 37 heavy (non-hydrogen) atoms. The lowest BCUT2D eigenvalue weighted by molar-refractivity contribution is -0.133. The summed E-state index contributed by atoms with van der Waals surface area (Å²) in [5, 5.41) is 14.0. The summed E-state index contributed by atoms with van der Waals surface area (Å²) in [4.78, 5) is 32.7. The van der Waals surface area contributed by atoms with E-state index in [0.29, 0.717) is 28.2 Å². The maximum atomic E-state index is 13.5. The molecule has 0 spiro atoms. The molecule has 9 heteroatoms. The van der Waals surface area contributed by atoms with E-state index in [2.05, 4.69) is 10.3 Å². The van der Waals surface area contributed by atoms with Crippen LogP contribution in [-0.4, -0.2) is 50.6 Å². The van der Waals surface area contributed by atoms with E-state index in [1.165, 1.54) is 4.90 Å². The monoisotopic (exact) mass is 506 g/mol. The van der Waals surface area contributed by atoms with Crippen LogP contribution in [0.3, 0.4) is 0 Å². The molecular weight excluding hydrogens is 472 g/mol. The molecule has 0 radical (unpaired) electrons. The molecule has 2 aromatic rings. The van der Waals surface area contributed by atoms with Crippen molar-refractivity contribution >= 4 is 17.8 Å². The number of nitrogens with two attached hydrogens (primary N) is 1. The number of nitrogens with zero attached hydrogens (tertiary/aromatic N) is 2. The second-order valence-corrected chi connectivity index (χ2v) is 11.7. The maximum absolute atomic E-state index is 13.5. The van der Waals surface area contributed by atoms with Crippen molar-refractivity contribution in [1.29, 1.82) is 0 Å². The third kappa shape index (κ3) is 4.21. The minimum absolute atomic E-state index is 0.134. The number of benzene rings is 2. The van der Waals surface area contributed by atoms with Crippen LogP contribution in [0.15, 0.2) is 47.5 Å². The largest absolute Gasteiger partial charge is 0.485 e. The van der Waals surface area contributed by atoms with Crippen LogP contribution in [0.2, 0.25) is 0 Å². The van der Waals surface area contributed by atoms with Gasteiger partial charge in [0.2, 0.25) is 5.91 Å². The number of hydrogen-bond donors (Lipinski definition) is 3. The van der Waals surface area contributed by atoms with Crippen LogP contribution in [0.5, 0.6) is 11.5 Å². The molecule has 3 heterocycles. The maximum Gasteiger partial charge on any atom is 0.251 e. The number of fused-ring (bicyclic) bond motifs is 2. The average Bonchev–Trinajstić information content (AvgIpc) is 3.04. The summed E-state index contributed by atoms with van der Waals surface area (Å²) in [6.07, 6.45) is -0.756. The first-order chi connectivity index (χ1) is 17.2. The molecule has 3 atom stereocenters. The SMILES string of the molecule is CC1(C)CC(=O)N([C@H]2c3cc(C(=O)N[C@@H]4c5ccccc5OC(C)(C)[C@H]4O)ccc3OC2(C)C)C(N)=N1. The van der Waals surface area contributed by atoms with E-state index in [4.69, 9.17) is 15.2 Å². The van der Waals surface area contributed by atoms with Crippen molar-refractivity contribution in [1.82, 2.24) is 10.2 Å². The van der Waals surface area contributed by atoms with E-state index >= 15 is 0 Å². The number of hydrogen-bond acceptors (Lipinski definition) is 7. The molecule has 0 aliphatic carbocycles. The van der Waals surface area contributed by atoms with Gasteiger partial charge in [0.15, 0.2) is 5.96 Å². The van der Waals surface area contributed by atoms with E-state index in [1.54, 1.807) is 32.0 Å². The topological polar surface area (TPSA) is 126 Å². The molecule has 0 bridgehead atoms. The van der Waals surface area contributed by atoms with Gasteiger partial charge in [-0.05, 0) is 65.8 Å². The van der Waals surface area contributed by atoms with Crippen LogP contribution in [-0.2, 0) is 4.79 Å². The van der Waals surface area contributed by atoms with Gasteiger partial charge < -0.3 is 25.6 Å². The standard InChI is InChI=1S/C28H34N4O5/c1-26(2)14-20(33)32(25(29)31-26)22-17-13-15(11-12-19(17)36-27(22,3)4)24(35)30-21-16-9-7-8-10-18(16)37-28(5,6)23(21)34/h7-13,21-23,34H,14H2,1-6H3,(H2,29,31)(H,30,35)/t21-,22+,23+/m1/s1. The Morgan fingerprint density at radius 2 is 1.68 bits per heavy atom. The third-order valence-electron chi connectivity index (χ3n) is 7.31. The van der Waals surface area contributed by atoms with Gasteiger partial charge in [0.1, 0.15) is 34.8 Å². The molecule has 5 rings (SSSR count). The Labute approximate surface area is 216 Å². The number of amides is 2. The van der Waals surface area contributed by atoms with Crippen LogP contribution >= 0.6 is 0 Å². The Bertz CT molecular complexity index is 1320. The van der Waals surface area contributed by atoms with E-state index in [1.807, 2.05) is 52.0 Å². The summed E-state index contributed by atoms with van der Waals surface area (Å²) in [5.74, 6) is 0.819. The molecule has 9 nitrogen and oxygen atoms in total. The first-order valence-electron chi connectivity index (χ1n) is 12.5. The van der Waals surface area contributed by atoms with Crippen molar-refractivity contribution in [2.75, 3.05) is 0 Å². The van der Waals surface area contributed by atoms with E-state index in [0.717, 1.165) is 0 Å². The first kappa shape index (κ1) is 25.1. The van der Waals surface area contributed by atoms with Gasteiger partial charge in [-0.15, -0.1) is 0 Å². The molecule has 3 aliphatic rings. The molecule has 0 saturated heterocycles. The predicted molar refractivity (Wildman–Crippen MR) is 138 cm³/mol. The lowest BCUT2D eigenvalue weighted by Crippen LogP contribution is -2.55. The van der Waals surface area contributed by atoms with Crippen LogP contribution < -0.4 is 20.5 Å². The number of aliphatic hydroxyl groups excluding tert-OH is 1. The van der Waals surface area contributed by atoms with E-state index in [9.17, 15) is 14.7 Å². The molecular formula is C28H34N4O5. The lowest BCUT2D eigenvalue weighted by atomic mass is 9.86. The smallest absolute Gasteiger partial charge is 0.251 e. The molecule has 0 unspecified atom stereocenters. The fourth-order valence-corrected chi connectivity index (χ4v) is 5.55. The van der Waals surface area contributed by atoms with Crippen LogP contribution in [0.4, 0.5) is 0 Å². The number of ether oxygens (including phenoxy) is 2. The van der Waals surface area contributed by atoms with Gasteiger partial charge in [0.05, 0.1) is 18.0 Å². The molecule has 0 aromatic heterocycles. The van der Waals surface area contributed by atoms with Gasteiger partial charge in [0, 0.05) is 16.7 Å². The van der Waals surface area contributed by atoms with Crippen molar-refractivity contribution in [3.63, 3.8) is 0 Å². The second kappa shape index (κ2) is 8.21. The van der Waals surface area contributed by atoms with Gasteiger partial charge in [-0.2, -0.15) is 0 Å². The number of carbonyl (C=O) groups is 2. The number of aliphatic imine (C=N–C) groups is 1. The van der Waals surface area contributed by atoms with Gasteiger partial charge >= 0.3 is 0 Å². The quantitative estimate of drug-likeness (QED) is 0.587. The highest BCUT2D eigenvalue weighted by atomic mass is 16.5. The molecule has 3 aliphatic heterocycles. The Kier molecular flexibility index (Phi) is 5.56. The summed E-state index contributed by atoms with van der Waals surface area (Å²) in [7, 11) is 0. The molecule has 4 N–H and O–H groups in total. The number of nitrogens with one attached hydrogen (secondary N) is 1. The summed E-state index contributed by atoms with van der Waals surface area (Å²) in [5.41, 5.74) is 5.77. The highest BCUT2D eigenvalue weighted by molar-refractivity contribution is 6.00. The van der Waals surface area contributed by atoms with Gasteiger partial charge in [-0.3, -0.25) is 14.5 Å². The minimum Gasteiger partial charge on any atom is -0.485 e. The van der Waals surface area contributed by atoms with Crippen molar-refractivity contribution in [2.24, 2.45) is 10.7 Å². The number of carbonyl (C=O) groups excluding carboxylic acids is 2. The first-order valence-corrected chi connectivity index (χ1v) is 12.5. The highest BCUT2D eigenvalue weighted by Crippen LogP contribution is 2.48. The van der Waals surface area contributed by atoms with Gasteiger partial charge in [0.25, 0.3) is 5.91 Å². The Morgan fingerprint density at radius 1 is 1.03 bits per heavy atom. The fraction of sp³-hybridized carbons (Fsp3) is 0.464. The number of aliphatic hydroxyl groups is 1. The summed E-state index contributed by atoms with van der Waals surface area (Å²) in [6, 6.07) is 11.3. The highest BCUT2D eigenvalue weighted by Gasteiger charge is 2.50. The van der Waals surface area contributed by atoms with Crippen molar-refractivity contribution in [3.8, 4) is 11.5 Å². The predicted octanol–water partition coefficient (Wildman–Crippen LogP) is 3.23.